The van der Waals surface area contributed by atoms with Crippen molar-refractivity contribution in [3.05, 3.63) is 28.8 Å². The lowest BCUT2D eigenvalue weighted by atomic mass is 9.97. The second-order valence-electron chi connectivity index (χ2n) is 5.75. The van der Waals surface area contributed by atoms with Gasteiger partial charge < -0.3 is 9.84 Å². The fourth-order valence-corrected chi connectivity index (χ4v) is 1.79. The molecule has 1 N–H and O–H groups in total. The number of ether oxygens (including phenoxy) is 1. The average Bonchev–Trinajstić information content (AvgIpc) is 2.24. The van der Waals surface area contributed by atoms with Crippen LogP contribution in [0.2, 0.25) is 0 Å². The van der Waals surface area contributed by atoms with E-state index in [2.05, 4.69) is 20.8 Å². The van der Waals surface area contributed by atoms with E-state index in [1.807, 2.05) is 19.9 Å². The molecule has 0 aliphatic heterocycles. The summed E-state index contributed by atoms with van der Waals surface area (Å²) in [5.74, 6) is -0.409. The molecule has 0 aliphatic rings. The summed E-state index contributed by atoms with van der Waals surface area (Å²) >= 11 is 0. The summed E-state index contributed by atoms with van der Waals surface area (Å²) in [4.78, 5) is 11.2. The summed E-state index contributed by atoms with van der Waals surface area (Å²) in [5.41, 5.74) is 2.32. The first kappa shape index (κ1) is 14.6. The Balaban J connectivity index is 3.19. The first-order valence-corrected chi connectivity index (χ1v) is 6.25. The molecule has 0 saturated carbocycles. The van der Waals surface area contributed by atoms with Crippen molar-refractivity contribution in [1.82, 2.24) is 0 Å². The van der Waals surface area contributed by atoms with Gasteiger partial charge in [0.15, 0.2) is 0 Å². The molecule has 18 heavy (non-hydrogen) atoms. The molecule has 0 bridgehead atoms. The molecule has 0 fully saturated rings. The summed E-state index contributed by atoms with van der Waals surface area (Å²) in [6, 6.07) is 3.46. The normalized spacial score (nSPS) is 11.4. The third-order valence-electron chi connectivity index (χ3n) is 2.73. The topological polar surface area (TPSA) is 46.5 Å². The molecule has 0 unspecified atom stereocenters. The average molecular weight is 250 g/mol. The van der Waals surface area contributed by atoms with Crippen LogP contribution >= 0.6 is 0 Å². The Morgan fingerprint density at radius 2 is 1.94 bits per heavy atom. The zero-order valence-electron chi connectivity index (χ0n) is 11.8. The molecular formula is C15H22O3. The van der Waals surface area contributed by atoms with Crippen molar-refractivity contribution >= 4 is 5.97 Å². The highest BCUT2D eigenvalue weighted by molar-refractivity contribution is 5.91. The third kappa shape index (κ3) is 3.49. The number of hydrogen-bond acceptors (Lipinski definition) is 2. The molecule has 100 valence electrons. The number of hydrogen-bond donors (Lipinski definition) is 1. The molecule has 0 aliphatic carbocycles. The number of carboxylic acids is 1. The first-order valence-electron chi connectivity index (χ1n) is 6.25. The monoisotopic (exact) mass is 250 g/mol. The fraction of sp³-hybridized carbons (Fsp3) is 0.533. The van der Waals surface area contributed by atoms with Gasteiger partial charge in [0.25, 0.3) is 0 Å². The minimum Gasteiger partial charge on any atom is -0.492 e. The molecule has 0 atom stereocenters. The van der Waals surface area contributed by atoms with Gasteiger partial charge in [-0.1, -0.05) is 33.8 Å². The Hall–Kier alpha value is -1.51. The highest BCUT2D eigenvalue weighted by Crippen LogP contribution is 2.29. The number of rotatable bonds is 4. The number of carbonyl (C=O) groups is 1. The summed E-state index contributed by atoms with van der Waals surface area (Å²) in [6.07, 6.45) is 0.770. The SMILES string of the molecule is CCc1c(C)ccc(C(=O)O)c1OCC(C)(C)C. The lowest BCUT2D eigenvalue weighted by molar-refractivity contribution is 0.0689. The van der Waals surface area contributed by atoms with Crippen LogP contribution in [-0.4, -0.2) is 17.7 Å². The van der Waals surface area contributed by atoms with Gasteiger partial charge in [-0.2, -0.15) is 0 Å². The predicted molar refractivity (Wildman–Crippen MR) is 72.5 cm³/mol. The summed E-state index contributed by atoms with van der Waals surface area (Å²) in [5, 5.41) is 9.23. The van der Waals surface area contributed by atoms with Gasteiger partial charge in [0, 0.05) is 0 Å². The number of aromatic carboxylic acids is 1. The minimum atomic E-state index is -0.936. The Labute approximate surface area is 109 Å². The smallest absolute Gasteiger partial charge is 0.339 e. The lowest BCUT2D eigenvalue weighted by Crippen LogP contribution is -2.19. The Morgan fingerprint density at radius 1 is 1.33 bits per heavy atom. The molecule has 0 heterocycles. The maximum Gasteiger partial charge on any atom is 0.339 e. The number of aryl methyl sites for hydroxylation is 1. The number of benzene rings is 1. The van der Waals surface area contributed by atoms with E-state index < -0.39 is 5.97 Å². The molecular weight excluding hydrogens is 228 g/mol. The maximum absolute atomic E-state index is 11.2. The van der Waals surface area contributed by atoms with Crippen LogP contribution in [0.3, 0.4) is 0 Å². The molecule has 0 radical (unpaired) electrons. The summed E-state index contributed by atoms with van der Waals surface area (Å²) in [7, 11) is 0. The van der Waals surface area contributed by atoms with Gasteiger partial charge in [-0.15, -0.1) is 0 Å². The van der Waals surface area contributed by atoms with Crippen LogP contribution in [0, 0.1) is 12.3 Å². The van der Waals surface area contributed by atoms with Crippen LogP contribution in [0.5, 0.6) is 5.75 Å². The minimum absolute atomic E-state index is 0.00449. The van der Waals surface area contributed by atoms with Crippen molar-refractivity contribution in [1.29, 1.82) is 0 Å². The van der Waals surface area contributed by atoms with Crippen LogP contribution < -0.4 is 4.74 Å². The van der Waals surface area contributed by atoms with Crippen molar-refractivity contribution in [2.24, 2.45) is 5.41 Å². The largest absolute Gasteiger partial charge is 0.492 e. The molecule has 0 saturated heterocycles. The van der Waals surface area contributed by atoms with Crippen LogP contribution in [0.1, 0.15) is 49.2 Å². The van der Waals surface area contributed by atoms with Crippen molar-refractivity contribution in [3.8, 4) is 5.75 Å². The zero-order valence-corrected chi connectivity index (χ0v) is 11.8. The van der Waals surface area contributed by atoms with E-state index in [0.717, 1.165) is 17.5 Å². The molecule has 1 rings (SSSR count). The van der Waals surface area contributed by atoms with Crippen LogP contribution in [0.15, 0.2) is 12.1 Å². The Morgan fingerprint density at radius 3 is 2.39 bits per heavy atom. The highest BCUT2D eigenvalue weighted by atomic mass is 16.5. The summed E-state index contributed by atoms with van der Waals surface area (Å²) < 4.78 is 5.78. The number of carboxylic acid groups (broad SMARTS) is 1. The van der Waals surface area contributed by atoms with E-state index >= 15 is 0 Å². The Bertz CT molecular complexity index is 442. The van der Waals surface area contributed by atoms with Crippen LogP contribution in [0.25, 0.3) is 0 Å². The van der Waals surface area contributed by atoms with E-state index in [0.29, 0.717) is 12.4 Å². The second kappa shape index (κ2) is 5.42. The molecule has 3 heteroatoms. The van der Waals surface area contributed by atoms with Gasteiger partial charge >= 0.3 is 5.97 Å². The quantitative estimate of drug-likeness (QED) is 0.886. The van der Waals surface area contributed by atoms with Crippen molar-refractivity contribution in [3.63, 3.8) is 0 Å². The molecule has 0 aromatic heterocycles. The van der Waals surface area contributed by atoms with Crippen molar-refractivity contribution < 1.29 is 14.6 Å². The standard InChI is InChI=1S/C15H22O3/c1-6-11-10(2)7-8-12(14(16)17)13(11)18-9-15(3,4)5/h7-8H,6,9H2,1-5H3,(H,16,17). The van der Waals surface area contributed by atoms with E-state index in [9.17, 15) is 9.90 Å². The van der Waals surface area contributed by atoms with Gasteiger partial charge in [0.05, 0.1) is 6.61 Å². The molecule has 0 spiro atoms. The van der Waals surface area contributed by atoms with Gasteiger partial charge in [0.1, 0.15) is 11.3 Å². The predicted octanol–water partition coefficient (Wildman–Crippen LogP) is 3.68. The molecule has 0 amide bonds. The van der Waals surface area contributed by atoms with Crippen molar-refractivity contribution in [2.45, 2.75) is 41.0 Å². The van der Waals surface area contributed by atoms with Gasteiger partial charge in [-0.25, -0.2) is 4.79 Å². The first-order chi connectivity index (χ1) is 8.26. The van der Waals surface area contributed by atoms with E-state index in [-0.39, 0.29) is 11.0 Å². The maximum atomic E-state index is 11.2. The fourth-order valence-electron chi connectivity index (χ4n) is 1.79. The van der Waals surface area contributed by atoms with Gasteiger partial charge in [-0.05, 0) is 36.0 Å². The van der Waals surface area contributed by atoms with Crippen molar-refractivity contribution in [2.75, 3.05) is 6.61 Å². The zero-order chi connectivity index (χ0) is 13.9. The third-order valence-corrected chi connectivity index (χ3v) is 2.73. The van der Waals surface area contributed by atoms with Gasteiger partial charge in [-0.3, -0.25) is 0 Å². The Kier molecular flexibility index (Phi) is 4.38. The van der Waals surface area contributed by atoms with Gasteiger partial charge in [0.2, 0.25) is 0 Å². The highest BCUT2D eigenvalue weighted by Gasteiger charge is 2.19. The lowest BCUT2D eigenvalue weighted by Gasteiger charge is -2.22. The van der Waals surface area contributed by atoms with Crippen LogP contribution in [-0.2, 0) is 6.42 Å². The van der Waals surface area contributed by atoms with E-state index in [1.54, 1.807) is 6.07 Å². The van der Waals surface area contributed by atoms with E-state index in [1.165, 1.54) is 0 Å². The van der Waals surface area contributed by atoms with Crippen LogP contribution in [0.4, 0.5) is 0 Å². The summed E-state index contributed by atoms with van der Waals surface area (Å²) in [6.45, 7) is 10.7. The molecule has 1 aromatic carbocycles. The molecule has 3 nitrogen and oxygen atoms in total. The van der Waals surface area contributed by atoms with E-state index in [4.69, 9.17) is 4.74 Å². The molecule has 1 aromatic rings. The second-order valence-corrected chi connectivity index (χ2v) is 5.75.